The van der Waals surface area contributed by atoms with Crippen molar-refractivity contribution in [3.8, 4) is 16.9 Å². The van der Waals surface area contributed by atoms with Crippen LogP contribution in [0.4, 0.5) is 4.39 Å². The molecule has 1 heterocycles. The van der Waals surface area contributed by atoms with Gasteiger partial charge in [0.15, 0.2) is 11.6 Å². The second-order valence-corrected chi connectivity index (χ2v) is 6.02. The Morgan fingerprint density at radius 2 is 2.17 bits per heavy atom. The average molecular weight is 327 g/mol. The first-order valence-corrected chi connectivity index (χ1v) is 8.05. The van der Waals surface area contributed by atoms with Crippen LogP contribution in [0.15, 0.2) is 42.7 Å². The van der Waals surface area contributed by atoms with E-state index in [1.165, 1.54) is 6.07 Å². The molecule has 0 saturated heterocycles. The van der Waals surface area contributed by atoms with Gasteiger partial charge in [-0.2, -0.15) is 0 Å². The van der Waals surface area contributed by atoms with Crippen molar-refractivity contribution < 1.29 is 18.7 Å². The summed E-state index contributed by atoms with van der Waals surface area (Å²) >= 11 is 0. The minimum Gasteiger partial charge on any atom is -0.423 e. The largest absolute Gasteiger partial charge is 0.423 e. The summed E-state index contributed by atoms with van der Waals surface area (Å²) in [7, 11) is 0. The molecule has 1 aliphatic rings. The minimum absolute atomic E-state index is 0.0798. The molecule has 1 atom stereocenters. The molecule has 1 aromatic carbocycles. The van der Waals surface area contributed by atoms with Crippen molar-refractivity contribution in [2.45, 2.75) is 32.1 Å². The van der Waals surface area contributed by atoms with Crippen molar-refractivity contribution in [3.05, 3.63) is 48.5 Å². The van der Waals surface area contributed by atoms with Crippen molar-refractivity contribution in [3.63, 3.8) is 0 Å². The van der Waals surface area contributed by atoms with Gasteiger partial charge in [0.25, 0.3) is 0 Å². The molecule has 1 fully saturated rings. The third kappa shape index (κ3) is 3.85. The fourth-order valence-electron chi connectivity index (χ4n) is 2.97. The Morgan fingerprint density at radius 3 is 2.88 bits per heavy atom. The third-order valence-electron chi connectivity index (χ3n) is 4.26. The Labute approximate surface area is 139 Å². The van der Waals surface area contributed by atoms with Crippen LogP contribution in [-0.2, 0) is 9.59 Å². The van der Waals surface area contributed by atoms with Crippen LogP contribution < -0.4 is 4.74 Å². The van der Waals surface area contributed by atoms with Crippen molar-refractivity contribution in [2.75, 3.05) is 0 Å². The molecule has 5 heteroatoms. The SMILES string of the molecule is O=C1CCC(CCC(=O)Oc2cccc(-c3cccnc3)c2F)C1. The van der Waals surface area contributed by atoms with Crippen LogP contribution in [0.5, 0.6) is 5.75 Å². The molecule has 0 amide bonds. The first kappa shape index (κ1) is 16.3. The van der Waals surface area contributed by atoms with Gasteiger partial charge >= 0.3 is 5.97 Å². The maximum absolute atomic E-state index is 14.6. The van der Waals surface area contributed by atoms with E-state index in [4.69, 9.17) is 4.74 Å². The monoisotopic (exact) mass is 327 g/mol. The number of hydrogen-bond acceptors (Lipinski definition) is 4. The number of hydrogen-bond donors (Lipinski definition) is 0. The number of ether oxygens (including phenoxy) is 1. The van der Waals surface area contributed by atoms with E-state index in [-0.39, 0.29) is 23.9 Å². The van der Waals surface area contributed by atoms with Crippen molar-refractivity contribution in [1.82, 2.24) is 4.98 Å². The van der Waals surface area contributed by atoms with E-state index in [0.717, 1.165) is 6.42 Å². The number of esters is 1. The molecule has 0 bridgehead atoms. The lowest BCUT2D eigenvalue weighted by molar-refractivity contribution is -0.135. The number of pyridine rings is 1. The topological polar surface area (TPSA) is 56.3 Å². The lowest BCUT2D eigenvalue weighted by Crippen LogP contribution is -2.11. The molecule has 0 radical (unpaired) electrons. The summed E-state index contributed by atoms with van der Waals surface area (Å²) in [6.07, 6.45) is 5.93. The van der Waals surface area contributed by atoms with Gasteiger partial charge in [-0.3, -0.25) is 14.6 Å². The number of benzene rings is 1. The Hall–Kier alpha value is -2.56. The van der Waals surface area contributed by atoms with E-state index in [1.54, 1.807) is 36.7 Å². The van der Waals surface area contributed by atoms with Crippen LogP contribution in [0, 0.1) is 11.7 Å². The second kappa shape index (κ2) is 7.34. The predicted octanol–water partition coefficient (Wildman–Crippen LogP) is 3.94. The first-order valence-electron chi connectivity index (χ1n) is 8.05. The lowest BCUT2D eigenvalue weighted by Gasteiger charge is -2.10. The maximum atomic E-state index is 14.6. The van der Waals surface area contributed by atoms with Crippen LogP contribution in [0.1, 0.15) is 32.1 Å². The maximum Gasteiger partial charge on any atom is 0.311 e. The Bertz CT molecular complexity index is 746. The minimum atomic E-state index is -0.574. The van der Waals surface area contributed by atoms with Crippen molar-refractivity contribution >= 4 is 11.8 Å². The van der Waals surface area contributed by atoms with Gasteiger partial charge in [-0.05, 0) is 30.9 Å². The van der Waals surface area contributed by atoms with Crippen LogP contribution in [-0.4, -0.2) is 16.7 Å². The quantitative estimate of drug-likeness (QED) is 0.616. The molecule has 124 valence electrons. The van der Waals surface area contributed by atoms with Crippen LogP contribution in [0.3, 0.4) is 0 Å². The van der Waals surface area contributed by atoms with E-state index < -0.39 is 11.8 Å². The number of nitrogens with zero attached hydrogens (tertiary/aromatic N) is 1. The molecule has 1 aromatic heterocycles. The highest BCUT2D eigenvalue weighted by Gasteiger charge is 2.23. The number of ketones is 1. The standard InChI is InChI=1S/C19H18FNO3/c20-19-16(14-3-2-10-21-12-14)4-1-5-17(19)24-18(23)9-7-13-6-8-15(22)11-13/h1-5,10,12-13H,6-9,11H2. The molecule has 4 nitrogen and oxygen atoms in total. The molecule has 1 saturated carbocycles. The number of carbonyl (C=O) groups excluding carboxylic acids is 2. The highest BCUT2D eigenvalue weighted by atomic mass is 19.1. The zero-order valence-corrected chi connectivity index (χ0v) is 13.2. The van der Waals surface area contributed by atoms with Gasteiger partial charge in [0, 0.05) is 42.8 Å². The molecular formula is C19H18FNO3. The first-order chi connectivity index (χ1) is 11.6. The van der Waals surface area contributed by atoms with Gasteiger partial charge in [-0.1, -0.05) is 18.2 Å². The number of Topliss-reactive ketones (excluding diaryl/α,β-unsaturated/α-hetero) is 1. The lowest BCUT2D eigenvalue weighted by atomic mass is 10.0. The highest BCUT2D eigenvalue weighted by Crippen LogP contribution is 2.30. The van der Waals surface area contributed by atoms with E-state index in [0.29, 0.717) is 30.4 Å². The highest BCUT2D eigenvalue weighted by molar-refractivity contribution is 5.80. The van der Waals surface area contributed by atoms with Gasteiger partial charge in [0.2, 0.25) is 0 Å². The van der Waals surface area contributed by atoms with Gasteiger partial charge in [0.05, 0.1) is 0 Å². The average Bonchev–Trinajstić information content (AvgIpc) is 3.01. The fraction of sp³-hybridized carbons (Fsp3) is 0.316. The van der Waals surface area contributed by atoms with Gasteiger partial charge in [0.1, 0.15) is 5.78 Å². The Morgan fingerprint density at radius 1 is 1.29 bits per heavy atom. The van der Waals surface area contributed by atoms with E-state index >= 15 is 0 Å². The molecule has 0 N–H and O–H groups in total. The summed E-state index contributed by atoms with van der Waals surface area (Å²) in [6, 6.07) is 8.16. The summed E-state index contributed by atoms with van der Waals surface area (Å²) in [5.41, 5.74) is 0.965. The molecule has 0 aliphatic heterocycles. The normalized spacial score (nSPS) is 17.0. The van der Waals surface area contributed by atoms with Gasteiger partial charge in [-0.25, -0.2) is 4.39 Å². The third-order valence-corrected chi connectivity index (χ3v) is 4.26. The molecule has 3 rings (SSSR count). The number of halogens is 1. The van der Waals surface area contributed by atoms with E-state index in [2.05, 4.69) is 4.98 Å². The summed E-state index contributed by atoms with van der Waals surface area (Å²) < 4.78 is 19.7. The number of aromatic nitrogens is 1. The van der Waals surface area contributed by atoms with Crippen molar-refractivity contribution in [2.24, 2.45) is 5.92 Å². The second-order valence-electron chi connectivity index (χ2n) is 6.02. The van der Waals surface area contributed by atoms with Crippen LogP contribution >= 0.6 is 0 Å². The smallest absolute Gasteiger partial charge is 0.311 e. The molecular weight excluding hydrogens is 309 g/mol. The fourth-order valence-corrected chi connectivity index (χ4v) is 2.97. The van der Waals surface area contributed by atoms with Gasteiger partial charge in [-0.15, -0.1) is 0 Å². The van der Waals surface area contributed by atoms with Crippen LogP contribution in [0.25, 0.3) is 11.1 Å². The van der Waals surface area contributed by atoms with E-state index in [1.807, 2.05) is 0 Å². The molecule has 1 aliphatic carbocycles. The zero-order chi connectivity index (χ0) is 16.9. The predicted molar refractivity (Wildman–Crippen MR) is 86.8 cm³/mol. The summed E-state index contributed by atoms with van der Waals surface area (Å²) in [6.45, 7) is 0. The molecule has 24 heavy (non-hydrogen) atoms. The molecule has 2 aromatic rings. The number of carbonyl (C=O) groups is 2. The summed E-state index contributed by atoms with van der Waals surface area (Å²) in [4.78, 5) is 27.2. The molecule has 0 spiro atoms. The van der Waals surface area contributed by atoms with Gasteiger partial charge < -0.3 is 4.74 Å². The van der Waals surface area contributed by atoms with Crippen molar-refractivity contribution in [1.29, 1.82) is 0 Å². The van der Waals surface area contributed by atoms with Crippen LogP contribution in [0.2, 0.25) is 0 Å². The summed E-state index contributed by atoms with van der Waals surface area (Å²) in [5, 5.41) is 0. The zero-order valence-electron chi connectivity index (χ0n) is 13.2. The Balaban J connectivity index is 1.65. The Kier molecular flexibility index (Phi) is 4.99. The van der Waals surface area contributed by atoms with E-state index in [9.17, 15) is 14.0 Å². The molecule has 1 unspecified atom stereocenters. The summed E-state index contributed by atoms with van der Waals surface area (Å²) in [5.74, 6) is -0.629. The number of rotatable bonds is 5.